The van der Waals surface area contributed by atoms with Gasteiger partial charge in [0.05, 0.1) is 23.7 Å². The molecule has 5 heteroatoms. The van der Waals surface area contributed by atoms with Crippen LogP contribution in [-0.4, -0.2) is 26.5 Å². The molecule has 92 valence electrons. The van der Waals surface area contributed by atoms with Crippen LogP contribution in [0.1, 0.15) is 11.1 Å². The van der Waals surface area contributed by atoms with Crippen molar-refractivity contribution < 1.29 is 5.11 Å². The van der Waals surface area contributed by atoms with Crippen molar-refractivity contribution in [1.29, 1.82) is 0 Å². The molecule has 3 rings (SSSR count). The van der Waals surface area contributed by atoms with Crippen molar-refractivity contribution >= 4 is 35.2 Å². The van der Waals surface area contributed by atoms with Crippen LogP contribution in [0.25, 0.3) is 11.0 Å². The van der Waals surface area contributed by atoms with Crippen LogP contribution in [0.15, 0.2) is 17.3 Å². The summed E-state index contributed by atoms with van der Waals surface area (Å²) in [5, 5.41) is 10.7. The second-order valence-corrected chi connectivity index (χ2v) is 5.38. The number of imidazole rings is 1. The number of aromatic nitrogens is 2. The maximum atomic E-state index is 9.69. The number of hydrogen-bond acceptors (Lipinski definition) is 3. The standard InChI is InChI=1S/C12H14N2OS.ClH/c1-7-3-10-11(4-8(7)2)14-5-9(15)6-16-12(14)13-10;/h3-4,9,15H,5-6H2,1-2H3;1H. The minimum atomic E-state index is -0.253. The predicted molar refractivity (Wildman–Crippen MR) is 73.2 cm³/mol. The third-order valence-electron chi connectivity index (χ3n) is 3.13. The topological polar surface area (TPSA) is 38.0 Å². The van der Waals surface area contributed by atoms with E-state index in [9.17, 15) is 5.11 Å². The van der Waals surface area contributed by atoms with Crippen LogP contribution < -0.4 is 0 Å². The Balaban J connectivity index is 0.00000108. The summed E-state index contributed by atoms with van der Waals surface area (Å²) in [6.07, 6.45) is -0.253. The van der Waals surface area contributed by atoms with Gasteiger partial charge in [0.2, 0.25) is 0 Å². The molecule has 17 heavy (non-hydrogen) atoms. The first kappa shape index (κ1) is 12.7. The Labute approximate surface area is 111 Å². The number of aliphatic hydroxyl groups is 1. The zero-order valence-corrected chi connectivity index (χ0v) is 11.4. The molecular formula is C12H15ClN2OS. The van der Waals surface area contributed by atoms with Crippen LogP contribution >= 0.6 is 24.2 Å². The molecule has 3 nitrogen and oxygen atoms in total. The number of nitrogens with zero attached hydrogens (tertiary/aromatic N) is 2. The largest absolute Gasteiger partial charge is 0.390 e. The van der Waals surface area contributed by atoms with Gasteiger partial charge in [-0.3, -0.25) is 0 Å². The molecule has 2 heterocycles. The Morgan fingerprint density at radius 2 is 2.06 bits per heavy atom. The molecule has 0 fully saturated rings. The van der Waals surface area contributed by atoms with Crippen molar-refractivity contribution in [1.82, 2.24) is 9.55 Å². The van der Waals surface area contributed by atoms with E-state index in [1.807, 2.05) is 0 Å². The molecule has 1 aromatic heterocycles. The number of halogens is 1. The zero-order chi connectivity index (χ0) is 11.3. The van der Waals surface area contributed by atoms with E-state index in [4.69, 9.17) is 0 Å². The molecule has 0 saturated heterocycles. The van der Waals surface area contributed by atoms with E-state index in [-0.39, 0.29) is 18.5 Å². The second-order valence-electron chi connectivity index (χ2n) is 4.39. The molecular weight excluding hydrogens is 256 g/mol. The molecule has 0 spiro atoms. The highest BCUT2D eigenvalue weighted by atomic mass is 35.5. The maximum Gasteiger partial charge on any atom is 0.169 e. The van der Waals surface area contributed by atoms with Gasteiger partial charge >= 0.3 is 0 Å². The fourth-order valence-corrected chi connectivity index (χ4v) is 3.02. The third-order valence-corrected chi connectivity index (χ3v) is 4.25. The summed E-state index contributed by atoms with van der Waals surface area (Å²) in [7, 11) is 0. The summed E-state index contributed by atoms with van der Waals surface area (Å²) in [5.41, 5.74) is 4.73. The van der Waals surface area contributed by atoms with Gasteiger partial charge in [0.25, 0.3) is 0 Å². The molecule has 1 aliphatic heterocycles. The maximum absolute atomic E-state index is 9.69. The highest BCUT2D eigenvalue weighted by molar-refractivity contribution is 7.99. The molecule has 1 unspecified atom stereocenters. The van der Waals surface area contributed by atoms with Gasteiger partial charge in [0.1, 0.15) is 0 Å². The Morgan fingerprint density at radius 1 is 1.35 bits per heavy atom. The molecule has 1 aromatic carbocycles. The first-order valence-electron chi connectivity index (χ1n) is 5.43. The number of aliphatic hydroxyl groups excluding tert-OH is 1. The van der Waals surface area contributed by atoms with E-state index >= 15 is 0 Å². The van der Waals surface area contributed by atoms with Crippen LogP contribution in [0.2, 0.25) is 0 Å². The van der Waals surface area contributed by atoms with Crippen LogP contribution in [-0.2, 0) is 6.54 Å². The summed E-state index contributed by atoms with van der Waals surface area (Å²) in [4.78, 5) is 4.60. The summed E-state index contributed by atoms with van der Waals surface area (Å²) < 4.78 is 2.13. The number of hydrogen-bond donors (Lipinski definition) is 1. The van der Waals surface area contributed by atoms with Crippen molar-refractivity contribution in [2.45, 2.75) is 31.7 Å². The molecule has 1 N–H and O–H groups in total. The van der Waals surface area contributed by atoms with E-state index in [0.29, 0.717) is 6.54 Å². The molecule has 0 radical (unpaired) electrons. The van der Waals surface area contributed by atoms with E-state index < -0.39 is 0 Å². The fourth-order valence-electron chi connectivity index (χ4n) is 2.08. The van der Waals surface area contributed by atoms with Crippen LogP contribution in [0.5, 0.6) is 0 Å². The molecule has 1 aliphatic rings. The van der Waals surface area contributed by atoms with Gasteiger partial charge in [-0.1, -0.05) is 11.8 Å². The lowest BCUT2D eigenvalue weighted by Gasteiger charge is -2.19. The SMILES string of the molecule is Cc1cc2nc3n(c2cc1C)CC(O)CS3.Cl. The highest BCUT2D eigenvalue weighted by Gasteiger charge is 2.20. The van der Waals surface area contributed by atoms with Crippen molar-refractivity contribution in [2.75, 3.05) is 5.75 Å². The highest BCUT2D eigenvalue weighted by Crippen LogP contribution is 2.30. The first-order chi connectivity index (χ1) is 7.65. The van der Waals surface area contributed by atoms with Crippen molar-refractivity contribution in [3.8, 4) is 0 Å². The fraction of sp³-hybridized carbons (Fsp3) is 0.417. The lowest BCUT2D eigenvalue weighted by molar-refractivity contribution is 0.172. The number of aryl methyl sites for hydroxylation is 2. The van der Waals surface area contributed by atoms with E-state index in [0.717, 1.165) is 21.9 Å². The Hall–Kier alpha value is -0.710. The smallest absolute Gasteiger partial charge is 0.169 e. The number of thioether (sulfide) groups is 1. The van der Waals surface area contributed by atoms with Gasteiger partial charge in [-0.05, 0) is 37.1 Å². The zero-order valence-electron chi connectivity index (χ0n) is 9.80. The molecule has 0 aliphatic carbocycles. The van der Waals surface area contributed by atoms with Gasteiger partial charge < -0.3 is 9.67 Å². The average Bonchev–Trinajstić information content (AvgIpc) is 2.57. The van der Waals surface area contributed by atoms with Crippen LogP contribution in [0.3, 0.4) is 0 Å². The van der Waals surface area contributed by atoms with Gasteiger partial charge in [-0.15, -0.1) is 12.4 Å². The van der Waals surface area contributed by atoms with Crippen molar-refractivity contribution in [2.24, 2.45) is 0 Å². The molecule has 0 amide bonds. The first-order valence-corrected chi connectivity index (χ1v) is 6.42. The van der Waals surface area contributed by atoms with Crippen LogP contribution in [0, 0.1) is 13.8 Å². The molecule has 1 atom stereocenters. The molecule has 0 saturated carbocycles. The summed E-state index contributed by atoms with van der Waals surface area (Å²) in [5.74, 6) is 0.751. The number of fused-ring (bicyclic) bond motifs is 3. The normalized spacial score (nSPS) is 18.9. The monoisotopic (exact) mass is 270 g/mol. The molecule has 2 aromatic rings. The van der Waals surface area contributed by atoms with Crippen molar-refractivity contribution in [3.05, 3.63) is 23.3 Å². The average molecular weight is 271 g/mol. The van der Waals surface area contributed by atoms with Crippen molar-refractivity contribution in [3.63, 3.8) is 0 Å². The van der Waals surface area contributed by atoms with Gasteiger partial charge in [0.15, 0.2) is 5.16 Å². The lowest BCUT2D eigenvalue weighted by Crippen LogP contribution is -2.23. The summed E-state index contributed by atoms with van der Waals surface area (Å²) in [6, 6.07) is 4.29. The second kappa shape index (κ2) is 4.52. The van der Waals surface area contributed by atoms with Crippen LogP contribution in [0.4, 0.5) is 0 Å². The molecule has 0 bridgehead atoms. The number of benzene rings is 1. The Bertz CT molecular complexity index is 567. The minimum Gasteiger partial charge on any atom is -0.390 e. The van der Waals surface area contributed by atoms with E-state index in [1.54, 1.807) is 11.8 Å². The van der Waals surface area contributed by atoms with Gasteiger partial charge in [-0.2, -0.15) is 0 Å². The van der Waals surface area contributed by atoms with E-state index in [1.165, 1.54) is 11.1 Å². The lowest BCUT2D eigenvalue weighted by atomic mass is 10.1. The Morgan fingerprint density at radius 3 is 2.82 bits per heavy atom. The summed E-state index contributed by atoms with van der Waals surface area (Å²) >= 11 is 1.64. The van der Waals surface area contributed by atoms with Gasteiger partial charge in [0, 0.05) is 5.75 Å². The van der Waals surface area contributed by atoms with Gasteiger partial charge in [-0.25, -0.2) is 4.98 Å². The van der Waals surface area contributed by atoms with E-state index in [2.05, 4.69) is 35.5 Å². The minimum absolute atomic E-state index is 0. The predicted octanol–water partition coefficient (Wildman–Crippen LogP) is 2.54. The number of rotatable bonds is 0. The quantitative estimate of drug-likeness (QED) is 0.800. The summed E-state index contributed by atoms with van der Waals surface area (Å²) in [6.45, 7) is 4.89. The Kier molecular flexibility index (Phi) is 3.39. The third kappa shape index (κ3) is 2.05.